The van der Waals surface area contributed by atoms with Gasteiger partial charge in [0.15, 0.2) is 0 Å². The van der Waals surface area contributed by atoms with E-state index in [0.29, 0.717) is 12.1 Å². The van der Waals surface area contributed by atoms with Crippen molar-refractivity contribution < 1.29 is 19.2 Å². The SMILES string of the molecule is C=CCON(C(=O)[C@H](CCCCCC)C(=O)OC)c1ccccc1. The zero-order valence-electron chi connectivity index (χ0n) is 14.6. The zero-order chi connectivity index (χ0) is 17.8. The molecule has 0 spiro atoms. The van der Waals surface area contributed by atoms with Crippen molar-refractivity contribution in [2.45, 2.75) is 39.0 Å². The first-order chi connectivity index (χ1) is 11.7. The third-order valence-corrected chi connectivity index (χ3v) is 3.64. The highest BCUT2D eigenvalue weighted by atomic mass is 16.7. The summed E-state index contributed by atoms with van der Waals surface area (Å²) in [5, 5.41) is 1.17. The number of unbranched alkanes of at least 4 members (excludes halogenated alkanes) is 3. The predicted octanol–water partition coefficient (Wildman–Crippen LogP) is 3.90. The fraction of sp³-hybridized carbons (Fsp3) is 0.474. The third kappa shape index (κ3) is 6.16. The monoisotopic (exact) mass is 333 g/mol. The molecule has 5 heteroatoms. The molecule has 1 amide bonds. The van der Waals surface area contributed by atoms with Gasteiger partial charge in [-0.25, -0.2) is 0 Å². The molecule has 0 unspecified atom stereocenters. The lowest BCUT2D eigenvalue weighted by molar-refractivity contribution is -0.151. The van der Waals surface area contributed by atoms with Crippen LogP contribution in [0.1, 0.15) is 39.0 Å². The van der Waals surface area contributed by atoms with Crippen molar-refractivity contribution in [3.8, 4) is 0 Å². The van der Waals surface area contributed by atoms with E-state index in [4.69, 9.17) is 9.57 Å². The molecular formula is C19H27NO4. The lowest BCUT2D eigenvalue weighted by Crippen LogP contribution is -2.40. The molecule has 0 aliphatic heterocycles. The number of hydrogen-bond acceptors (Lipinski definition) is 4. The van der Waals surface area contributed by atoms with E-state index in [1.807, 2.05) is 6.07 Å². The molecule has 0 fully saturated rings. The molecule has 1 rings (SSSR count). The largest absolute Gasteiger partial charge is 0.468 e. The number of esters is 1. The van der Waals surface area contributed by atoms with E-state index >= 15 is 0 Å². The van der Waals surface area contributed by atoms with E-state index in [9.17, 15) is 9.59 Å². The number of hydrogen-bond donors (Lipinski definition) is 0. The van der Waals surface area contributed by atoms with Crippen molar-refractivity contribution in [3.05, 3.63) is 43.0 Å². The Labute approximate surface area is 144 Å². The molecule has 0 aliphatic carbocycles. The molecule has 0 aliphatic rings. The normalized spacial score (nSPS) is 11.6. The number of amides is 1. The van der Waals surface area contributed by atoms with Gasteiger partial charge < -0.3 is 4.74 Å². The van der Waals surface area contributed by atoms with E-state index in [1.54, 1.807) is 30.3 Å². The Bertz CT molecular complexity index is 515. The average molecular weight is 333 g/mol. The summed E-state index contributed by atoms with van der Waals surface area (Å²) in [7, 11) is 1.30. The second-order valence-corrected chi connectivity index (χ2v) is 5.48. The quantitative estimate of drug-likeness (QED) is 0.203. The number of hydroxylamine groups is 1. The summed E-state index contributed by atoms with van der Waals surface area (Å²) in [5.41, 5.74) is 0.576. The van der Waals surface area contributed by atoms with Gasteiger partial charge in [0.2, 0.25) is 0 Å². The van der Waals surface area contributed by atoms with Gasteiger partial charge in [0, 0.05) is 0 Å². The number of ether oxygens (including phenoxy) is 1. The molecule has 0 aromatic heterocycles. The van der Waals surface area contributed by atoms with Gasteiger partial charge in [0.05, 0.1) is 19.4 Å². The Kier molecular flexibility index (Phi) is 9.46. The van der Waals surface area contributed by atoms with Gasteiger partial charge in [-0.3, -0.25) is 14.4 Å². The van der Waals surface area contributed by atoms with Gasteiger partial charge in [-0.2, -0.15) is 5.06 Å². The summed E-state index contributed by atoms with van der Waals surface area (Å²) in [6.07, 6.45) is 5.95. The van der Waals surface area contributed by atoms with Crippen LogP contribution < -0.4 is 5.06 Å². The van der Waals surface area contributed by atoms with E-state index < -0.39 is 17.8 Å². The number of nitrogens with zero attached hydrogens (tertiary/aromatic N) is 1. The third-order valence-electron chi connectivity index (χ3n) is 3.64. The highest BCUT2D eigenvalue weighted by Gasteiger charge is 2.32. The van der Waals surface area contributed by atoms with Crippen LogP contribution in [-0.2, 0) is 19.2 Å². The molecular weight excluding hydrogens is 306 g/mol. The minimum atomic E-state index is -0.864. The molecule has 5 nitrogen and oxygen atoms in total. The number of anilines is 1. The van der Waals surface area contributed by atoms with Crippen LogP contribution in [0.2, 0.25) is 0 Å². The number of rotatable bonds is 11. The predicted molar refractivity (Wildman–Crippen MR) is 94.3 cm³/mol. The average Bonchev–Trinajstić information content (AvgIpc) is 2.62. The van der Waals surface area contributed by atoms with Crippen LogP contribution in [0.3, 0.4) is 0 Å². The van der Waals surface area contributed by atoms with Crippen LogP contribution in [0.15, 0.2) is 43.0 Å². The first kappa shape index (κ1) is 19.9. The van der Waals surface area contributed by atoms with Gasteiger partial charge >= 0.3 is 5.97 Å². The summed E-state index contributed by atoms with van der Waals surface area (Å²) < 4.78 is 4.82. The second kappa shape index (κ2) is 11.4. The molecule has 1 aromatic carbocycles. The van der Waals surface area contributed by atoms with Gasteiger partial charge in [-0.15, -0.1) is 6.58 Å². The Morgan fingerprint density at radius 2 is 1.92 bits per heavy atom. The summed E-state index contributed by atoms with van der Waals surface area (Å²) in [4.78, 5) is 30.5. The summed E-state index contributed by atoms with van der Waals surface area (Å²) >= 11 is 0. The van der Waals surface area contributed by atoms with Crippen LogP contribution in [0.5, 0.6) is 0 Å². The standard InChI is InChI=1S/C19H27NO4/c1-4-6-7-11-14-17(19(22)23-3)18(21)20(24-15-5-2)16-12-9-8-10-13-16/h5,8-10,12-13,17H,2,4,6-7,11,14-15H2,1,3H3/t17-/m0/s1. The van der Waals surface area contributed by atoms with Crippen LogP contribution in [-0.4, -0.2) is 25.6 Å². The molecule has 24 heavy (non-hydrogen) atoms. The smallest absolute Gasteiger partial charge is 0.318 e. The molecule has 1 atom stereocenters. The van der Waals surface area contributed by atoms with Gasteiger partial charge in [0.1, 0.15) is 5.92 Å². The minimum absolute atomic E-state index is 0.171. The molecule has 0 saturated carbocycles. The molecule has 0 bridgehead atoms. The number of para-hydroxylation sites is 1. The highest BCUT2D eigenvalue weighted by Crippen LogP contribution is 2.21. The summed E-state index contributed by atoms with van der Waals surface area (Å²) in [6.45, 7) is 5.88. The number of benzene rings is 1. The fourth-order valence-corrected chi connectivity index (χ4v) is 2.36. The lowest BCUT2D eigenvalue weighted by Gasteiger charge is -2.25. The van der Waals surface area contributed by atoms with E-state index in [0.717, 1.165) is 25.7 Å². The number of carbonyl (C=O) groups is 2. The van der Waals surface area contributed by atoms with Crippen LogP contribution in [0.4, 0.5) is 5.69 Å². The Morgan fingerprint density at radius 3 is 2.50 bits per heavy atom. The van der Waals surface area contributed by atoms with Crippen molar-refractivity contribution >= 4 is 17.6 Å². The summed E-state index contributed by atoms with van der Waals surface area (Å²) in [6, 6.07) is 8.98. The molecule has 0 N–H and O–H groups in total. The van der Waals surface area contributed by atoms with Crippen molar-refractivity contribution in [1.82, 2.24) is 0 Å². The van der Waals surface area contributed by atoms with Crippen molar-refractivity contribution in [1.29, 1.82) is 0 Å². The molecule has 0 heterocycles. The van der Waals surface area contributed by atoms with Gasteiger partial charge in [-0.05, 0) is 18.6 Å². The van der Waals surface area contributed by atoms with Gasteiger partial charge in [-0.1, -0.05) is 56.9 Å². The fourth-order valence-electron chi connectivity index (χ4n) is 2.36. The number of carbonyl (C=O) groups excluding carboxylic acids is 2. The topological polar surface area (TPSA) is 55.8 Å². The van der Waals surface area contributed by atoms with Gasteiger partial charge in [0.25, 0.3) is 5.91 Å². The lowest BCUT2D eigenvalue weighted by atomic mass is 9.99. The second-order valence-electron chi connectivity index (χ2n) is 5.48. The van der Waals surface area contributed by atoms with Crippen LogP contribution in [0, 0.1) is 5.92 Å². The summed E-state index contributed by atoms with van der Waals surface area (Å²) in [5.74, 6) is -1.80. The first-order valence-electron chi connectivity index (χ1n) is 8.36. The van der Waals surface area contributed by atoms with Crippen molar-refractivity contribution in [2.24, 2.45) is 5.92 Å². The Balaban J connectivity index is 2.92. The minimum Gasteiger partial charge on any atom is -0.468 e. The van der Waals surface area contributed by atoms with E-state index in [-0.39, 0.29) is 6.61 Å². The number of methoxy groups -OCH3 is 1. The molecule has 1 aromatic rings. The molecule has 0 radical (unpaired) electrons. The maximum Gasteiger partial charge on any atom is 0.318 e. The van der Waals surface area contributed by atoms with E-state index in [2.05, 4.69) is 13.5 Å². The Morgan fingerprint density at radius 1 is 1.21 bits per heavy atom. The molecule has 0 saturated heterocycles. The maximum atomic E-state index is 12.9. The highest BCUT2D eigenvalue weighted by molar-refractivity contribution is 6.05. The van der Waals surface area contributed by atoms with Crippen molar-refractivity contribution in [3.63, 3.8) is 0 Å². The maximum absolute atomic E-state index is 12.9. The zero-order valence-corrected chi connectivity index (χ0v) is 14.6. The molecule has 132 valence electrons. The van der Waals surface area contributed by atoms with Crippen LogP contribution >= 0.6 is 0 Å². The first-order valence-corrected chi connectivity index (χ1v) is 8.36. The van der Waals surface area contributed by atoms with E-state index in [1.165, 1.54) is 12.2 Å². The Hall–Kier alpha value is -2.14. The van der Waals surface area contributed by atoms with Crippen molar-refractivity contribution in [2.75, 3.05) is 18.8 Å². The van der Waals surface area contributed by atoms with Crippen LogP contribution in [0.25, 0.3) is 0 Å².